The van der Waals surface area contributed by atoms with Crippen molar-refractivity contribution in [2.75, 3.05) is 18.4 Å². The number of anilines is 1. The quantitative estimate of drug-likeness (QED) is 0.623. The van der Waals surface area contributed by atoms with E-state index in [1.54, 1.807) is 30.3 Å². The fourth-order valence-electron chi connectivity index (χ4n) is 3.45. The predicted octanol–water partition coefficient (Wildman–Crippen LogP) is 4.89. The van der Waals surface area contributed by atoms with E-state index in [1.807, 2.05) is 18.2 Å². The van der Waals surface area contributed by atoms with E-state index < -0.39 is 0 Å². The number of piperidine rings is 1. The van der Waals surface area contributed by atoms with E-state index in [2.05, 4.69) is 20.4 Å². The molecule has 29 heavy (non-hydrogen) atoms. The molecule has 1 aliphatic heterocycles. The minimum Gasteiger partial charge on any atom is -0.338 e. The molecule has 1 aromatic heterocycles. The zero-order valence-electron chi connectivity index (χ0n) is 15.6. The highest BCUT2D eigenvalue weighted by Crippen LogP contribution is 2.26. The number of aromatic nitrogens is 2. The zero-order chi connectivity index (χ0) is 20.2. The van der Waals surface area contributed by atoms with Crippen molar-refractivity contribution in [3.05, 3.63) is 64.5 Å². The molecule has 8 heteroatoms. The van der Waals surface area contributed by atoms with Gasteiger partial charge in [0.2, 0.25) is 17.6 Å². The first-order chi connectivity index (χ1) is 14.1. The largest absolute Gasteiger partial charge is 0.338 e. The van der Waals surface area contributed by atoms with E-state index in [0.29, 0.717) is 34.8 Å². The number of nitrogens with zero attached hydrogens (tertiary/aromatic N) is 3. The lowest BCUT2D eigenvalue weighted by Gasteiger charge is -2.30. The molecule has 2 aromatic carbocycles. The lowest BCUT2D eigenvalue weighted by Crippen LogP contribution is -2.40. The van der Waals surface area contributed by atoms with Crippen LogP contribution < -0.4 is 5.32 Å². The van der Waals surface area contributed by atoms with Crippen molar-refractivity contribution in [3.8, 4) is 11.4 Å². The Labute approximate surface area is 178 Å². The lowest BCUT2D eigenvalue weighted by atomic mass is 9.97. The molecule has 1 fully saturated rings. The average Bonchev–Trinajstić information content (AvgIpc) is 3.18. The highest BCUT2D eigenvalue weighted by molar-refractivity contribution is 6.33. The van der Waals surface area contributed by atoms with Crippen LogP contribution in [0.4, 0.5) is 5.69 Å². The van der Waals surface area contributed by atoms with Crippen LogP contribution in [0, 0.1) is 5.92 Å². The van der Waals surface area contributed by atoms with Crippen molar-refractivity contribution in [1.29, 1.82) is 0 Å². The van der Waals surface area contributed by atoms with Crippen molar-refractivity contribution >= 4 is 34.8 Å². The molecule has 3 aromatic rings. The van der Waals surface area contributed by atoms with Crippen LogP contribution in [0.25, 0.3) is 11.4 Å². The van der Waals surface area contributed by atoms with Crippen LogP contribution >= 0.6 is 23.2 Å². The third-order valence-electron chi connectivity index (χ3n) is 4.93. The number of halogens is 2. The van der Waals surface area contributed by atoms with E-state index in [1.165, 1.54) is 0 Å². The molecule has 1 atom stereocenters. The van der Waals surface area contributed by atoms with E-state index in [-0.39, 0.29) is 11.8 Å². The summed E-state index contributed by atoms with van der Waals surface area (Å²) in [6, 6.07) is 14.5. The van der Waals surface area contributed by atoms with Gasteiger partial charge in [0.05, 0.1) is 17.5 Å². The first-order valence-corrected chi connectivity index (χ1v) is 10.2. The predicted molar refractivity (Wildman–Crippen MR) is 113 cm³/mol. The molecule has 0 aliphatic carbocycles. The Morgan fingerprint density at radius 2 is 1.97 bits per heavy atom. The van der Waals surface area contributed by atoms with Crippen LogP contribution in [0.3, 0.4) is 0 Å². The molecular formula is C21H20Cl2N4O2. The Balaban J connectivity index is 1.37. The first kappa shape index (κ1) is 19.9. The maximum Gasteiger partial charge on any atom is 0.241 e. The molecule has 150 valence electrons. The monoisotopic (exact) mass is 430 g/mol. The number of benzene rings is 2. The highest BCUT2D eigenvalue weighted by Gasteiger charge is 2.27. The second-order valence-corrected chi connectivity index (χ2v) is 7.91. The Morgan fingerprint density at radius 3 is 2.76 bits per heavy atom. The van der Waals surface area contributed by atoms with Crippen molar-refractivity contribution in [3.63, 3.8) is 0 Å². The second kappa shape index (κ2) is 8.95. The Morgan fingerprint density at radius 1 is 1.17 bits per heavy atom. The summed E-state index contributed by atoms with van der Waals surface area (Å²) in [7, 11) is 0. The minimum absolute atomic E-state index is 0.0132. The van der Waals surface area contributed by atoms with Crippen molar-refractivity contribution in [1.82, 2.24) is 15.0 Å². The summed E-state index contributed by atoms with van der Waals surface area (Å²) in [5, 5.41) is 8.23. The van der Waals surface area contributed by atoms with Crippen molar-refractivity contribution < 1.29 is 9.32 Å². The van der Waals surface area contributed by atoms with Gasteiger partial charge in [-0.2, -0.15) is 4.98 Å². The maximum atomic E-state index is 12.6. The van der Waals surface area contributed by atoms with Gasteiger partial charge in [-0.15, -0.1) is 0 Å². The third-order valence-corrected chi connectivity index (χ3v) is 5.51. The summed E-state index contributed by atoms with van der Waals surface area (Å²) in [5.74, 6) is 0.906. The summed E-state index contributed by atoms with van der Waals surface area (Å²) >= 11 is 12.1. The molecule has 4 rings (SSSR count). The third kappa shape index (κ3) is 4.96. The van der Waals surface area contributed by atoms with Gasteiger partial charge in [-0.3, -0.25) is 9.69 Å². The van der Waals surface area contributed by atoms with Crippen LogP contribution in [0.15, 0.2) is 53.1 Å². The topological polar surface area (TPSA) is 71.3 Å². The zero-order valence-corrected chi connectivity index (χ0v) is 17.2. The van der Waals surface area contributed by atoms with Crippen LogP contribution in [-0.2, 0) is 11.3 Å². The summed E-state index contributed by atoms with van der Waals surface area (Å²) in [5.41, 5.74) is 1.49. The molecule has 6 nitrogen and oxygen atoms in total. The average molecular weight is 431 g/mol. The molecule has 0 bridgehead atoms. The Hall–Kier alpha value is -2.41. The molecule has 0 saturated carbocycles. The van der Waals surface area contributed by atoms with Gasteiger partial charge in [-0.1, -0.05) is 40.5 Å². The molecule has 1 saturated heterocycles. The van der Waals surface area contributed by atoms with Crippen molar-refractivity contribution in [2.24, 2.45) is 5.92 Å². The summed E-state index contributed by atoms with van der Waals surface area (Å²) < 4.78 is 5.40. The number of hydrogen-bond acceptors (Lipinski definition) is 5. The molecule has 1 unspecified atom stereocenters. The summed E-state index contributed by atoms with van der Waals surface area (Å²) in [6.07, 6.45) is 1.79. The van der Waals surface area contributed by atoms with Gasteiger partial charge in [0.1, 0.15) is 0 Å². The smallest absolute Gasteiger partial charge is 0.241 e. The Bertz CT molecular complexity index is 990. The van der Waals surface area contributed by atoms with Gasteiger partial charge < -0.3 is 9.84 Å². The number of carbonyl (C=O) groups is 1. The summed E-state index contributed by atoms with van der Waals surface area (Å²) in [4.78, 5) is 19.3. The molecule has 0 radical (unpaired) electrons. The summed E-state index contributed by atoms with van der Waals surface area (Å²) in [6.45, 7) is 2.03. The number of nitrogens with one attached hydrogen (secondary N) is 1. The molecule has 0 spiro atoms. The van der Waals surface area contributed by atoms with Crippen LogP contribution in [0.1, 0.15) is 18.7 Å². The second-order valence-electron chi connectivity index (χ2n) is 7.06. The van der Waals surface area contributed by atoms with E-state index in [9.17, 15) is 4.79 Å². The normalized spacial score (nSPS) is 17.2. The van der Waals surface area contributed by atoms with Gasteiger partial charge in [0.15, 0.2) is 0 Å². The number of hydrogen-bond donors (Lipinski definition) is 1. The van der Waals surface area contributed by atoms with Crippen LogP contribution in [0.5, 0.6) is 0 Å². The molecule has 1 amide bonds. The molecule has 1 N–H and O–H groups in total. The Kier molecular flexibility index (Phi) is 6.13. The molecule has 2 heterocycles. The number of amides is 1. The standard InChI is InChI=1S/C21H20Cl2N4O2/c22-15-7-9-16(10-8-15)24-21(28)14-4-3-11-27(12-14)13-19-25-20(26-29-19)17-5-1-2-6-18(17)23/h1-2,5-10,14H,3-4,11-13H2,(H,24,28). The fourth-order valence-corrected chi connectivity index (χ4v) is 3.80. The van der Waals surface area contributed by atoms with Crippen LogP contribution in [0.2, 0.25) is 10.0 Å². The lowest BCUT2D eigenvalue weighted by molar-refractivity contribution is -0.121. The van der Waals surface area contributed by atoms with Gasteiger partial charge in [0.25, 0.3) is 0 Å². The van der Waals surface area contributed by atoms with E-state index in [0.717, 1.165) is 30.6 Å². The maximum absolute atomic E-state index is 12.6. The van der Waals surface area contributed by atoms with Crippen molar-refractivity contribution in [2.45, 2.75) is 19.4 Å². The van der Waals surface area contributed by atoms with Gasteiger partial charge >= 0.3 is 0 Å². The molecular weight excluding hydrogens is 411 g/mol. The minimum atomic E-state index is -0.0922. The van der Waals surface area contributed by atoms with Crippen LogP contribution in [-0.4, -0.2) is 34.0 Å². The van der Waals surface area contributed by atoms with Gasteiger partial charge in [-0.05, 0) is 55.8 Å². The number of rotatable bonds is 5. The van der Waals surface area contributed by atoms with E-state index in [4.69, 9.17) is 27.7 Å². The number of carbonyl (C=O) groups excluding carboxylic acids is 1. The van der Waals surface area contributed by atoms with E-state index >= 15 is 0 Å². The number of likely N-dealkylation sites (tertiary alicyclic amines) is 1. The molecule has 1 aliphatic rings. The first-order valence-electron chi connectivity index (χ1n) is 9.45. The van der Waals surface area contributed by atoms with Gasteiger partial charge in [0, 0.05) is 22.8 Å². The SMILES string of the molecule is O=C(Nc1ccc(Cl)cc1)C1CCCN(Cc2nc(-c3ccccc3Cl)no2)C1. The highest BCUT2D eigenvalue weighted by atomic mass is 35.5. The van der Waals surface area contributed by atoms with Gasteiger partial charge in [-0.25, -0.2) is 0 Å². The fraction of sp³-hybridized carbons (Fsp3) is 0.286.